The van der Waals surface area contributed by atoms with Crippen LogP contribution in [0.15, 0.2) is 24.3 Å². The van der Waals surface area contributed by atoms with Crippen molar-refractivity contribution in [2.45, 2.75) is 32.4 Å². The van der Waals surface area contributed by atoms with E-state index in [1.165, 1.54) is 5.56 Å². The molecular formula is C18H27ClN4O2. The van der Waals surface area contributed by atoms with Crippen LogP contribution in [0, 0.1) is 0 Å². The van der Waals surface area contributed by atoms with Crippen LogP contribution in [0.5, 0.6) is 0 Å². The second kappa shape index (κ2) is 9.17. The Morgan fingerprint density at radius 1 is 1.16 bits per heavy atom. The summed E-state index contributed by atoms with van der Waals surface area (Å²) in [6.07, 6.45) is 1.98. The zero-order chi connectivity index (χ0) is 16.9. The molecule has 0 aromatic heterocycles. The lowest BCUT2D eigenvalue weighted by Gasteiger charge is -2.34. The summed E-state index contributed by atoms with van der Waals surface area (Å²) in [5.41, 5.74) is 2.07. The van der Waals surface area contributed by atoms with Gasteiger partial charge in [-0.2, -0.15) is 0 Å². The fourth-order valence-corrected chi connectivity index (χ4v) is 3.31. The summed E-state index contributed by atoms with van der Waals surface area (Å²) < 4.78 is 0. The highest BCUT2D eigenvalue weighted by Crippen LogP contribution is 2.14. The number of piperazine rings is 1. The minimum Gasteiger partial charge on any atom is -0.340 e. The van der Waals surface area contributed by atoms with Crippen molar-refractivity contribution in [3.8, 4) is 0 Å². The van der Waals surface area contributed by atoms with Gasteiger partial charge in [-0.15, -0.1) is 12.4 Å². The maximum absolute atomic E-state index is 12.1. The van der Waals surface area contributed by atoms with E-state index < -0.39 is 0 Å². The smallest absolute Gasteiger partial charge is 0.241 e. The predicted octanol–water partition coefficient (Wildman–Crippen LogP) is 1.46. The van der Waals surface area contributed by atoms with Crippen molar-refractivity contribution in [1.82, 2.24) is 15.1 Å². The van der Waals surface area contributed by atoms with Crippen LogP contribution in [0.2, 0.25) is 0 Å². The standard InChI is InChI=1S/C18H26N4O2.ClH/c1-14(23)22-11-9-21(10-12-22)13-15-4-6-16(7-5-15)20-18(24)17-3-2-8-19-17;/h4-7,17,19H,2-3,8-13H2,1H3,(H,20,24);1H. The van der Waals surface area contributed by atoms with E-state index in [9.17, 15) is 9.59 Å². The van der Waals surface area contributed by atoms with Crippen LogP contribution in [0.1, 0.15) is 25.3 Å². The first-order valence-electron chi connectivity index (χ1n) is 8.73. The Balaban J connectivity index is 0.00000225. The van der Waals surface area contributed by atoms with E-state index in [0.717, 1.165) is 57.8 Å². The zero-order valence-electron chi connectivity index (χ0n) is 14.7. The van der Waals surface area contributed by atoms with Crippen molar-refractivity contribution in [1.29, 1.82) is 0 Å². The number of nitrogens with one attached hydrogen (secondary N) is 2. The second-order valence-electron chi connectivity index (χ2n) is 6.62. The second-order valence-corrected chi connectivity index (χ2v) is 6.62. The van der Waals surface area contributed by atoms with Gasteiger partial charge in [0.25, 0.3) is 0 Å². The van der Waals surface area contributed by atoms with E-state index in [1.807, 2.05) is 17.0 Å². The number of hydrogen-bond acceptors (Lipinski definition) is 4. The molecule has 2 heterocycles. The maximum atomic E-state index is 12.1. The number of anilines is 1. The molecule has 2 aliphatic heterocycles. The molecule has 2 saturated heterocycles. The average Bonchev–Trinajstić information content (AvgIpc) is 3.12. The summed E-state index contributed by atoms with van der Waals surface area (Å²) in [5.74, 6) is 0.215. The third-order valence-corrected chi connectivity index (χ3v) is 4.82. The third-order valence-electron chi connectivity index (χ3n) is 4.82. The third kappa shape index (κ3) is 5.42. The summed E-state index contributed by atoms with van der Waals surface area (Å²) >= 11 is 0. The van der Waals surface area contributed by atoms with E-state index in [-0.39, 0.29) is 30.3 Å². The molecular weight excluding hydrogens is 340 g/mol. The van der Waals surface area contributed by atoms with E-state index in [1.54, 1.807) is 6.92 Å². The Kier molecular flexibility index (Phi) is 7.23. The van der Waals surface area contributed by atoms with E-state index >= 15 is 0 Å². The summed E-state index contributed by atoms with van der Waals surface area (Å²) in [6, 6.07) is 8.01. The van der Waals surface area contributed by atoms with Gasteiger partial charge in [0.1, 0.15) is 0 Å². The molecule has 0 saturated carbocycles. The number of hydrogen-bond donors (Lipinski definition) is 2. The van der Waals surface area contributed by atoms with Crippen LogP contribution in [-0.2, 0) is 16.1 Å². The number of carbonyl (C=O) groups is 2. The van der Waals surface area contributed by atoms with Gasteiger partial charge >= 0.3 is 0 Å². The van der Waals surface area contributed by atoms with Gasteiger partial charge in [-0.05, 0) is 37.1 Å². The van der Waals surface area contributed by atoms with Gasteiger partial charge < -0.3 is 15.5 Å². The number of nitrogens with zero attached hydrogens (tertiary/aromatic N) is 2. The van der Waals surface area contributed by atoms with Crippen LogP contribution in [0.4, 0.5) is 5.69 Å². The Morgan fingerprint density at radius 3 is 2.40 bits per heavy atom. The molecule has 2 fully saturated rings. The lowest BCUT2D eigenvalue weighted by atomic mass is 10.1. The summed E-state index contributed by atoms with van der Waals surface area (Å²) in [5, 5.41) is 6.18. The average molecular weight is 367 g/mol. The number of halogens is 1. The monoisotopic (exact) mass is 366 g/mol. The molecule has 0 radical (unpaired) electrons. The van der Waals surface area contributed by atoms with Gasteiger partial charge in [0.15, 0.2) is 0 Å². The predicted molar refractivity (Wildman–Crippen MR) is 101 cm³/mol. The molecule has 1 unspecified atom stereocenters. The first-order chi connectivity index (χ1) is 11.6. The number of amides is 2. The fraction of sp³-hybridized carbons (Fsp3) is 0.556. The number of rotatable bonds is 4. The van der Waals surface area contributed by atoms with E-state index in [2.05, 4.69) is 27.7 Å². The Bertz CT molecular complexity index is 579. The quantitative estimate of drug-likeness (QED) is 0.846. The molecule has 138 valence electrons. The van der Waals surface area contributed by atoms with Gasteiger partial charge in [0, 0.05) is 45.3 Å². The lowest BCUT2D eigenvalue weighted by Crippen LogP contribution is -2.47. The number of carbonyl (C=O) groups excluding carboxylic acids is 2. The SMILES string of the molecule is CC(=O)N1CCN(Cc2ccc(NC(=O)C3CCCN3)cc2)CC1.Cl. The largest absolute Gasteiger partial charge is 0.340 e. The normalized spacial score (nSPS) is 20.8. The molecule has 25 heavy (non-hydrogen) atoms. The molecule has 0 aliphatic carbocycles. The fourth-order valence-electron chi connectivity index (χ4n) is 3.31. The highest BCUT2D eigenvalue weighted by atomic mass is 35.5. The van der Waals surface area contributed by atoms with Crippen molar-refractivity contribution in [3.05, 3.63) is 29.8 Å². The van der Waals surface area contributed by atoms with Crippen LogP contribution in [0.3, 0.4) is 0 Å². The molecule has 2 amide bonds. The molecule has 1 aromatic carbocycles. The molecule has 6 nitrogen and oxygen atoms in total. The minimum atomic E-state index is -0.0535. The molecule has 1 aromatic rings. The highest BCUT2D eigenvalue weighted by Gasteiger charge is 2.22. The summed E-state index contributed by atoms with van der Waals surface area (Å²) in [7, 11) is 0. The van der Waals surface area contributed by atoms with Crippen LogP contribution in [0.25, 0.3) is 0 Å². The van der Waals surface area contributed by atoms with Gasteiger partial charge in [-0.25, -0.2) is 0 Å². The molecule has 2 N–H and O–H groups in total. The molecule has 0 bridgehead atoms. The van der Waals surface area contributed by atoms with Crippen LogP contribution in [-0.4, -0.2) is 60.4 Å². The first kappa shape index (κ1) is 19.7. The van der Waals surface area contributed by atoms with Crippen molar-refractivity contribution in [2.75, 3.05) is 38.0 Å². The lowest BCUT2D eigenvalue weighted by molar-refractivity contribution is -0.130. The highest BCUT2D eigenvalue weighted by molar-refractivity contribution is 5.95. The van der Waals surface area contributed by atoms with Crippen molar-refractivity contribution >= 4 is 29.9 Å². The first-order valence-corrected chi connectivity index (χ1v) is 8.73. The van der Waals surface area contributed by atoms with E-state index in [0.29, 0.717) is 0 Å². The molecule has 2 aliphatic rings. The topological polar surface area (TPSA) is 64.7 Å². The van der Waals surface area contributed by atoms with Crippen LogP contribution < -0.4 is 10.6 Å². The Hall–Kier alpha value is -1.63. The van der Waals surface area contributed by atoms with Gasteiger partial charge in [-0.1, -0.05) is 12.1 Å². The van der Waals surface area contributed by atoms with Crippen LogP contribution >= 0.6 is 12.4 Å². The molecule has 1 atom stereocenters. The van der Waals surface area contributed by atoms with Gasteiger partial charge in [0.2, 0.25) is 11.8 Å². The van der Waals surface area contributed by atoms with E-state index in [4.69, 9.17) is 0 Å². The summed E-state index contributed by atoms with van der Waals surface area (Å²) in [4.78, 5) is 27.7. The molecule has 3 rings (SSSR count). The molecule has 7 heteroatoms. The minimum absolute atomic E-state index is 0. The van der Waals surface area contributed by atoms with Crippen molar-refractivity contribution < 1.29 is 9.59 Å². The van der Waals surface area contributed by atoms with Gasteiger partial charge in [-0.3, -0.25) is 14.5 Å². The Labute approximate surface area is 155 Å². The maximum Gasteiger partial charge on any atom is 0.241 e. The van der Waals surface area contributed by atoms with Crippen molar-refractivity contribution in [2.24, 2.45) is 0 Å². The number of benzene rings is 1. The summed E-state index contributed by atoms with van der Waals surface area (Å²) in [6.45, 7) is 6.86. The zero-order valence-corrected chi connectivity index (χ0v) is 15.5. The van der Waals surface area contributed by atoms with Crippen molar-refractivity contribution in [3.63, 3.8) is 0 Å². The van der Waals surface area contributed by atoms with Gasteiger partial charge in [0.05, 0.1) is 6.04 Å². The Morgan fingerprint density at radius 2 is 1.84 bits per heavy atom. The molecule has 0 spiro atoms.